The van der Waals surface area contributed by atoms with Crippen molar-refractivity contribution in [3.63, 3.8) is 0 Å². The minimum absolute atomic E-state index is 0.0204. The Bertz CT molecular complexity index is 537. The van der Waals surface area contributed by atoms with Gasteiger partial charge < -0.3 is 10.4 Å². The lowest BCUT2D eigenvalue weighted by Gasteiger charge is -2.15. The number of hydrogen-bond donors (Lipinski definition) is 2. The Morgan fingerprint density at radius 2 is 2.16 bits per heavy atom. The van der Waals surface area contributed by atoms with Gasteiger partial charge in [0.15, 0.2) is 0 Å². The number of carbonyl (C=O) groups excluding carboxylic acids is 1. The molecule has 0 aromatic heterocycles. The van der Waals surface area contributed by atoms with Crippen molar-refractivity contribution in [2.45, 2.75) is 25.2 Å². The largest absolute Gasteiger partial charge is 0.416 e. The Morgan fingerprint density at radius 3 is 2.74 bits per heavy atom. The molecule has 0 bridgehead atoms. The second kappa shape index (κ2) is 4.70. The van der Waals surface area contributed by atoms with E-state index < -0.39 is 23.8 Å². The molecule has 2 rings (SSSR count). The molecule has 19 heavy (non-hydrogen) atoms. The number of carbonyl (C=O) groups is 1. The molecule has 0 radical (unpaired) electrons. The average Bonchev–Trinajstić information content (AvgIpc) is 2.69. The van der Waals surface area contributed by atoms with Gasteiger partial charge in [0, 0.05) is 12.1 Å². The van der Waals surface area contributed by atoms with E-state index in [1.165, 1.54) is 12.1 Å². The van der Waals surface area contributed by atoms with E-state index in [0.717, 1.165) is 6.07 Å². The zero-order valence-electron chi connectivity index (χ0n) is 9.92. The van der Waals surface area contributed by atoms with Crippen LogP contribution in [0.15, 0.2) is 24.8 Å². The number of hydrogen-bond acceptors (Lipinski definition) is 2. The third-order valence-electron chi connectivity index (χ3n) is 3.02. The highest BCUT2D eigenvalue weighted by atomic mass is 19.4. The fourth-order valence-electron chi connectivity index (χ4n) is 2.09. The smallest absolute Gasteiger partial charge is 0.388 e. The van der Waals surface area contributed by atoms with Crippen molar-refractivity contribution in [2.24, 2.45) is 0 Å². The zero-order chi connectivity index (χ0) is 14.2. The van der Waals surface area contributed by atoms with Gasteiger partial charge in [0.1, 0.15) is 0 Å². The summed E-state index contributed by atoms with van der Waals surface area (Å²) in [5.41, 5.74) is -0.885. The summed E-state index contributed by atoms with van der Waals surface area (Å²) in [5.74, 6) is -0.548. The molecule has 1 amide bonds. The van der Waals surface area contributed by atoms with Crippen LogP contribution in [0.4, 0.5) is 13.2 Å². The van der Waals surface area contributed by atoms with Crippen LogP contribution in [-0.2, 0) is 12.7 Å². The van der Waals surface area contributed by atoms with Gasteiger partial charge in [-0.25, -0.2) is 0 Å². The van der Waals surface area contributed by atoms with Crippen LogP contribution in [0.1, 0.15) is 39.6 Å². The lowest BCUT2D eigenvalue weighted by Crippen LogP contribution is -2.12. The van der Waals surface area contributed by atoms with Crippen molar-refractivity contribution in [2.75, 3.05) is 0 Å². The van der Waals surface area contributed by atoms with Crippen LogP contribution < -0.4 is 5.32 Å². The molecule has 1 unspecified atom stereocenters. The molecular formula is C13H12F3NO2. The first-order chi connectivity index (χ1) is 8.84. The van der Waals surface area contributed by atoms with Crippen molar-refractivity contribution in [1.29, 1.82) is 0 Å². The molecule has 0 aliphatic carbocycles. The molecule has 0 saturated carbocycles. The fraction of sp³-hybridized carbons (Fsp3) is 0.308. The van der Waals surface area contributed by atoms with Crippen molar-refractivity contribution < 1.29 is 23.1 Å². The third kappa shape index (κ3) is 2.49. The molecule has 0 spiro atoms. The normalized spacial score (nSPS) is 15.9. The summed E-state index contributed by atoms with van der Waals surface area (Å²) in [6.07, 6.45) is -4.12. The first-order valence-electron chi connectivity index (χ1n) is 5.65. The van der Waals surface area contributed by atoms with Gasteiger partial charge in [0.05, 0.1) is 11.7 Å². The number of rotatable bonds is 3. The first-order valence-corrected chi connectivity index (χ1v) is 5.65. The van der Waals surface area contributed by atoms with Crippen LogP contribution in [0.5, 0.6) is 0 Å². The standard InChI is InChI=1S/C13H12F3NO2/c1-2-3-11(18)7-4-8-9(6-17-12(8)19)10(5-7)13(14,15)16/h2,4-5,11,18H,1,3,6H2,(H,17,19). The van der Waals surface area contributed by atoms with Gasteiger partial charge in [0.2, 0.25) is 0 Å². The van der Waals surface area contributed by atoms with Crippen LogP contribution in [-0.4, -0.2) is 11.0 Å². The molecule has 102 valence electrons. The van der Waals surface area contributed by atoms with Gasteiger partial charge in [-0.2, -0.15) is 13.2 Å². The van der Waals surface area contributed by atoms with E-state index in [1.54, 1.807) is 0 Å². The Hall–Kier alpha value is -1.82. The zero-order valence-corrected chi connectivity index (χ0v) is 9.92. The lowest BCUT2D eigenvalue weighted by atomic mass is 9.95. The maximum Gasteiger partial charge on any atom is 0.416 e. The van der Waals surface area contributed by atoms with E-state index in [1.807, 2.05) is 0 Å². The Labute approximate surface area is 107 Å². The van der Waals surface area contributed by atoms with Crippen LogP contribution >= 0.6 is 0 Å². The summed E-state index contributed by atoms with van der Waals surface area (Å²) in [7, 11) is 0. The van der Waals surface area contributed by atoms with Gasteiger partial charge in [-0.3, -0.25) is 4.79 Å². The quantitative estimate of drug-likeness (QED) is 0.830. The highest BCUT2D eigenvalue weighted by Gasteiger charge is 2.38. The summed E-state index contributed by atoms with van der Waals surface area (Å²) in [4.78, 5) is 11.5. The Morgan fingerprint density at radius 1 is 1.47 bits per heavy atom. The van der Waals surface area contributed by atoms with Gasteiger partial charge >= 0.3 is 6.18 Å². The molecule has 2 N–H and O–H groups in total. The maximum atomic E-state index is 13.0. The monoisotopic (exact) mass is 271 g/mol. The van der Waals surface area contributed by atoms with Gasteiger partial charge in [0.25, 0.3) is 5.91 Å². The van der Waals surface area contributed by atoms with Crippen molar-refractivity contribution in [3.8, 4) is 0 Å². The predicted molar refractivity (Wildman–Crippen MR) is 62.4 cm³/mol. The van der Waals surface area contributed by atoms with Gasteiger partial charge in [-0.1, -0.05) is 6.08 Å². The molecule has 3 nitrogen and oxygen atoms in total. The summed E-state index contributed by atoms with van der Waals surface area (Å²) < 4.78 is 38.9. The summed E-state index contributed by atoms with van der Waals surface area (Å²) >= 11 is 0. The first kappa shape index (κ1) is 13.6. The topological polar surface area (TPSA) is 49.3 Å². The van der Waals surface area contributed by atoms with Crippen LogP contribution in [0.25, 0.3) is 0 Å². The van der Waals surface area contributed by atoms with E-state index in [0.29, 0.717) is 0 Å². The van der Waals surface area contributed by atoms with E-state index in [9.17, 15) is 23.1 Å². The van der Waals surface area contributed by atoms with Crippen molar-refractivity contribution >= 4 is 5.91 Å². The van der Waals surface area contributed by atoms with E-state index in [-0.39, 0.29) is 29.7 Å². The van der Waals surface area contributed by atoms with Gasteiger partial charge in [-0.15, -0.1) is 6.58 Å². The minimum atomic E-state index is -4.56. The summed E-state index contributed by atoms with van der Waals surface area (Å²) in [5, 5.41) is 12.1. The third-order valence-corrected chi connectivity index (χ3v) is 3.02. The molecule has 0 saturated heterocycles. The van der Waals surface area contributed by atoms with Crippen LogP contribution in [0.2, 0.25) is 0 Å². The fourth-order valence-corrected chi connectivity index (χ4v) is 2.09. The number of aliphatic hydroxyl groups is 1. The molecule has 1 heterocycles. The molecule has 6 heteroatoms. The Kier molecular flexibility index (Phi) is 3.36. The molecule has 1 aromatic rings. The van der Waals surface area contributed by atoms with Crippen molar-refractivity contribution in [3.05, 3.63) is 47.0 Å². The predicted octanol–water partition coefficient (Wildman–Crippen LogP) is 2.56. The second-order valence-corrected chi connectivity index (χ2v) is 4.32. The van der Waals surface area contributed by atoms with Crippen molar-refractivity contribution in [1.82, 2.24) is 5.32 Å². The summed E-state index contributed by atoms with van der Waals surface area (Å²) in [6, 6.07) is 2.20. The highest BCUT2D eigenvalue weighted by molar-refractivity contribution is 5.99. The number of halogens is 3. The average molecular weight is 271 g/mol. The number of nitrogens with one attached hydrogen (secondary N) is 1. The minimum Gasteiger partial charge on any atom is -0.388 e. The number of benzene rings is 1. The molecule has 0 fully saturated rings. The van der Waals surface area contributed by atoms with E-state index in [4.69, 9.17) is 0 Å². The molecular weight excluding hydrogens is 259 g/mol. The molecule has 1 atom stereocenters. The second-order valence-electron chi connectivity index (χ2n) is 4.32. The lowest BCUT2D eigenvalue weighted by molar-refractivity contribution is -0.138. The number of amides is 1. The van der Waals surface area contributed by atoms with E-state index >= 15 is 0 Å². The van der Waals surface area contributed by atoms with Crippen LogP contribution in [0, 0.1) is 0 Å². The maximum absolute atomic E-state index is 13.0. The number of alkyl halides is 3. The Balaban J connectivity index is 2.58. The summed E-state index contributed by atoms with van der Waals surface area (Å²) in [6.45, 7) is 3.29. The molecule has 1 aliphatic heterocycles. The highest BCUT2D eigenvalue weighted by Crippen LogP contribution is 2.37. The van der Waals surface area contributed by atoms with Gasteiger partial charge in [-0.05, 0) is 29.7 Å². The van der Waals surface area contributed by atoms with Crippen LogP contribution in [0.3, 0.4) is 0 Å². The molecule has 1 aromatic carbocycles. The number of aliphatic hydroxyl groups excluding tert-OH is 1. The van der Waals surface area contributed by atoms with E-state index in [2.05, 4.69) is 11.9 Å². The SMILES string of the molecule is C=CCC(O)c1cc2c(c(C(F)(F)F)c1)CNC2=O. The number of fused-ring (bicyclic) bond motifs is 1. The molecule has 1 aliphatic rings.